The number of rotatable bonds is 6. The van der Waals surface area contributed by atoms with Crippen molar-refractivity contribution >= 4 is 23.6 Å². The summed E-state index contributed by atoms with van der Waals surface area (Å²) in [5, 5.41) is 24.2. The fraction of sp³-hybridized carbons (Fsp3) is 0.0952. The Balaban J connectivity index is 1.68. The monoisotopic (exact) mass is 416 g/mol. The van der Waals surface area contributed by atoms with Crippen LogP contribution in [0.5, 0.6) is 0 Å². The number of aromatic nitrogens is 4. The van der Waals surface area contributed by atoms with Crippen LogP contribution in [0.15, 0.2) is 70.2 Å². The molecule has 2 aromatic carbocycles. The molecule has 1 N–H and O–H groups in total. The third-order valence-corrected chi connectivity index (χ3v) is 5.30. The van der Waals surface area contributed by atoms with Gasteiger partial charge in [-0.15, -0.1) is 5.10 Å². The lowest BCUT2D eigenvalue weighted by molar-refractivity contribution is -0.113. The van der Waals surface area contributed by atoms with Gasteiger partial charge in [-0.05, 0) is 16.0 Å². The quantitative estimate of drug-likeness (QED) is 0.477. The van der Waals surface area contributed by atoms with E-state index in [0.717, 1.165) is 11.1 Å². The molecule has 9 heteroatoms. The summed E-state index contributed by atoms with van der Waals surface area (Å²) in [4.78, 5) is 12.5. The minimum absolute atomic E-state index is 0.0706. The number of hydrogen-bond donors (Lipinski definition) is 1. The summed E-state index contributed by atoms with van der Waals surface area (Å²) >= 11 is 1.19. The number of carbonyl (C=O) groups excluding carboxylic acids is 1. The van der Waals surface area contributed by atoms with Crippen molar-refractivity contribution in [3.05, 3.63) is 66.2 Å². The van der Waals surface area contributed by atoms with Crippen molar-refractivity contribution in [3.63, 3.8) is 0 Å². The minimum Gasteiger partial charge on any atom is -0.438 e. The molecule has 1 amide bonds. The molecule has 0 radical (unpaired) electrons. The van der Waals surface area contributed by atoms with Gasteiger partial charge in [-0.2, -0.15) is 5.26 Å². The first-order valence-electron chi connectivity index (χ1n) is 9.00. The zero-order valence-electron chi connectivity index (χ0n) is 15.9. The predicted molar refractivity (Wildman–Crippen MR) is 112 cm³/mol. The lowest BCUT2D eigenvalue weighted by Gasteiger charge is -2.03. The summed E-state index contributed by atoms with van der Waals surface area (Å²) in [6, 6.07) is 21.2. The second-order valence-corrected chi connectivity index (χ2v) is 7.22. The molecule has 0 bridgehead atoms. The van der Waals surface area contributed by atoms with E-state index in [9.17, 15) is 10.1 Å². The number of thioether (sulfide) groups is 1. The highest BCUT2D eigenvalue weighted by molar-refractivity contribution is 7.99. The van der Waals surface area contributed by atoms with Gasteiger partial charge in [-0.1, -0.05) is 72.4 Å². The van der Waals surface area contributed by atoms with E-state index in [-0.39, 0.29) is 23.1 Å². The third kappa shape index (κ3) is 3.94. The number of nitrogens with one attached hydrogen (secondary N) is 1. The van der Waals surface area contributed by atoms with Crippen LogP contribution in [0.4, 0.5) is 5.88 Å². The minimum atomic E-state index is -0.326. The molecule has 0 saturated heterocycles. The normalized spacial score (nSPS) is 10.5. The number of furan rings is 1. The van der Waals surface area contributed by atoms with Crippen molar-refractivity contribution in [2.75, 3.05) is 11.1 Å². The number of anilines is 1. The average molecular weight is 416 g/mol. The van der Waals surface area contributed by atoms with Crippen molar-refractivity contribution in [1.29, 1.82) is 5.26 Å². The second-order valence-electron chi connectivity index (χ2n) is 6.28. The smallest absolute Gasteiger partial charge is 0.237 e. The van der Waals surface area contributed by atoms with Crippen LogP contribution in [0.25, 0.3) is 22.5 Å². The van der Waals surface area contributed by atoms with E-state index in [4.69, 9.17) is 4.42 Å². The van der Waals surface area contributed by atoms with E-state index in [1.807, 2.05) is 60.7 Å². The summed E-state index contributed by atoms with van der Waals surface area (Å²) in [6.45, 7) is 0. The maximum atomic E-state index is 12.5. The summed E-state index contributed by atoms with van der Waals surface area (Å²) in [5.74, 6) is 0.393. The number of tetrazole rings is 1. The maximum Gasteiger partial charge on any atom is 0.237 e. The average Bonchev–Trinajstić information content (AvgIpc) is 3.36. The second kappa shape index (κ2) is 8.63. The highest BCUT2D eigenvalue weighted by atomic mass is 32.2. The fourth-order valence-corrected chi connectivity index (χ4v) is 3.59. The first kappa shape index (κ1) is 19.4. The Morgan fingerprint density at radius 3 is 2.40 bits per heavy atom. The molecule has 0 aliphatic carbocycles. The van der Waals surface area contributed by atoms with Crippen LogP contribution in [-0.4, -0.2) is 31.9 Å². The number of nitriles is 1. The van der Waals surface area contributed by atoms with Crippen LogP contribution in [0.3, 0.4) is 0 Å². The van der Waals surface area contributed by atoms with E-state index in [0.29, 0.717) is 16.5 Å². The van der Waals surface area contributed by atoms with Crippen LogP contribution in [0, 0.1) is 11.3 Å². The van der Waals surface area contributed by atoms with Crippen LogP contribution >= 0.6 is 11.8 Å². The molecule has 2 aromatic heterocycles. The molecular weight excluding hydrogens is 400 g/mol. The Morgan fingerprint density at radius 1 is 1.13 bits per heavy atom. The molecule has 8 nitrogen and oxygen atoms in total. The first-order chi connectivity index (χ1) is 14.7. The highest BCUT2D eigenvalue weighted by Gasteiger charge is 2.24. The lowest BCUT2D eigenvalue weighted by atomic mass is 9.98. The zero-order valence-corrected chi connectivity index (χ0v) is 16.8. The number of aryl methyl sites for hydroxylation is 1. The Bertz CT molecular complexity index is 1210. The SMILES string of the molecule is Cn1nnnc1SCC(=O)Nc1oc(-c2ccccc2)c(-c2ccccc2)c1C#N. The molecule has 4 rings (SSSR count). The summed E-state index contributed by atoms with van der Waals surface area (Å²) < 4.78 is 7.48. The van der Waals surface area contributed by atoms with Gasteiger partial charge in [0.2, 0.25) is 16.9 Å². The van der Waals surface area contributed by atoms with Gasteiger partial charge in [-0.25, -0.2) is 4.68 Å². The van der Waals surface area contributed by atoms with E-state index >= 15 is 0 Å². The van der Waals surface area contributed by atoms with Gasteiger partial charge in [0, 0.05) is 18.2 Å². The van der Waals surface area contributed by atoms with Crippen molar-refractivity contribution < 1.29 is 9.21 Å². The number of benzene rings is 2. The Morgan fingerprint density at radius 2 is 1.80 bits per heavy atom. The third-order valence-electron chi connectivity index (χ3n) is 4.29. The van der Waals surface area contributed by atoms with Gasteiger partial charge in [0.25, 0.3) is 0 Å². The molecule has 0 aliphatic rings. The molecule has 0 unspecified atom stereocenters. The van der Waals surface area contributed by atoms with E-state index in [1.54, 1.807) is 7.05 Å². The largest absolute Gasteiger partial charge is 0.438 e. The maximum absolute atomic E-state index is 12.5. The fourth-order valence-electron chi connectivity index (χ4n) is 2.94. The van der Waals surface area contributed by atoms with Crippen LogP contribution in [0.2, 0.25) is 0 Å². The predicted octanol–water partition coefficient (Wildman–Crippen LogP) is 3.74. The topological polar surface area (TPSA) is 110 Å². The molecular formula is C21H16N6O2S. The number of hydrogen-bond acceptors (Lipinski definition) is 7. The lowest BCUT2D eigenvalue weighted by Crippen LogP contribution is -2.14. The molecule has 0 atom stereocenters. The van der Waals surface area contributed by atoms with Crippen molar-refractivity contribution in [3.8, 4) is 28.5 Å². The Labute approximate surface area is 176 Å². The van der Waals surface area contributed by atoms with Crippen LogP contribution in [-0.2, 0) is 11.8 Å². The van der Waals surface area contributed by atoms with E-state index < -0.39 is 0 Å². The molecule has 30 heavy (non-hydrogen) atoms. The first-order valence-corrected chi connectivity index (χ1v) is 9.98. The van der Waals surface area contributed by atoms with Gasteiger partial charge < -0.3 is 4.42 Å². The molecule has 0 fully saturated rings. The molecule has 4 aromatic rings. The van der Waals surface area contributed by atoms with Gasteiger partial charge in [0.05, 0.1) is 5.75 Å². The van der Waals surface area contributed by atoms with Crippen LogP contribution < -0.4 is 5.32 Å². The molecule has 2 heterocycles. The van der Waals surface area contributed by atoms with Crippen LogP contribution in [0.1, 0.15) is 5.56 Å². The van der Waals surface area contributed by atoms with Gasteiger partial charge in [0.15, 0.2) is 0 Å². The standard InChI is InChI=1S/C21H16N6O2S/c1-27-21(24-25-26-27)30-13-17(28)23-20-16(12-22)18(14-8-4-2-5-9-14)19(29-20)15-10-6-3-7-11-15/h2-11H,13H2,1H3,(H,23,28). The summed E-state index contributed by atoms with van der Waals surface area (Å²) in [7, 11) is 1.69. The van der Waals surface area contributed by atoms with Gasteiger partial charge >= 0.3 is 0 Å². The molecule has 0 spiro atoms. The molecule has 148 valence electrons. The van der Waals surface area contributed by atoms with E-state index in [1.165, 1.54) is 16.4 Å². The Hall–Kier alpha value is -3.90. The zero-order chi connectivity index (χ0) is 20.9. The highest BCUT2D eigenvalue weighted by Crippen LogP contribution is 2.41. The number of carbonyl (C=O) groups is 1. The summed E-state index contributed by atoms with van der Waals surface area (Å²) in [6.07, 6.45) is 0. The Kier molecular flexibility index (Phi) is 5.59. The van der Waals surface area contributed by atoms with Gasteiger partial charge in [-0.3, -0.25) is 10.1 Å². The van der Waals surface area contributed by atoms with Crippen molar-refractivity contribution in [2.45, 2.75) is 5.16 Å². The van der Waals surface area contributed by atoms with E-state index in [2.05, 4.69) is 26.9 Å². The van der Waals surface area contributed by atoms with Crippen molar-refractivity contribution in [2.24, 2.45) is 7.05 Å². The van der Waals surface area contributed by atoms with Gasteiger partial charge in [0.1, 0.15) is 17.4 Å². The summed E-state index contributed by atoms with van der Waals surface area (Å²) in [5.41, 5.74) is 2.56. The van der Waals surface area contributed by atoms with Crippen molar-refractivity contribution in [1.82, 2.24) is 20.2 Å². The molecule has 0 saturated carbocycles. The number of nitrogens with zero attached hydrogens (tertiary/aromatic N) is 5. The number of amides is 1. The molecule has 0 aliphatic heterocycles.